The molecule has 4 nitrogen and oxygen atoms in total. The van der Waals surface area contributed by atoms with Gasteiger partial charge in [0.15, 0.2) is 0 Å². The number of rotatable bonds is 4. The number of amides is 2. The largest absolute Gasteiger partial charge is 0.378 e. The van der Waals surface area contributed by atoms with Gasteiger partial charge in [0.05, 0.1) is 0 Å². The van der Waals surface area contributed by atoms with Crippen LogP contribution in [0.5, 0.6) is 0 Å². The van der Waals surface area contributed by atoms with Crippen LogP contribution in [0.2, 0.25) is 0 Å². The van der Waals surface area contributed by atoms with Crippen LogP contribution in [0.25, 0.3) is 6.08 Å². The summed E-state index contributed by atoms with van der Waals surface area (Å²) in [5.41, 5.74) is 2.88. The first-order valence-electron chi connectivity index (χ1n) is 6.71. The summed E-state index contributed by atoms with van der Waals surface area (Å²) in [4.78, 5) is 13.7. The Labute approximate surface area is 125 Å². The van der Waals surface area contributed by atoms with Gasteiger partial charge in [-0.05, 0) is 35.9 Å². The van der Waals surface area contributed by atoms with E-state index < -0.39 is 0 Å². The van der Waals surface area contributed by atoms with Gasteiger partial charge in [-0.3, -0.25) is 0 Å². The standard InChI is InChI=1S/C17H19N3O/c1-20(2)16-10-8-15(9-11-16)19-17(21)18-13-12-14-6-4-3-5-7-14/h3-13H,1-2H3,(H2,18,19,21)/b13-12+. The van der Waals surface area contributed by atoms with Crippen molar-refractivity contribution in [3.8, 4) is 0 Å². The van der Waals surface area contributed by atoms with Crippen molar-refractivity contribution in [3.63, 3.8) is 0 Å². The van der Waals surface area contributed by atoms with Crippen LogP contribution in [0, 0.1) is 0 Å². The van der Waals surface area contributed by atoms with Gasteiger partial charge in [-0.1, -0.05) is 30.3 Å². The predicted octanol–water partition coefficient (Wildman–Crippen LogP) is 3.55. The van der Waals surface area contributed by atoms with Crippen molar-refractivity contribution in [2.24, 2.45) is 0 Å². The number of nitrogens with zero attached hydrogens (tertiary/aromatic N) is 1. The summed E-state index contributed by atoms with van der Waals surface area (Å²) in [5, 5.41) is 5.45. The predicted molar refractivity (Wildman–Crippen MR) is 88.4 cm³/mol. The number of carbonyl (C=O) groups excluding carboxylic acids is 1. The molecule has 4 heteroatoms. The fourth-order valence-electron chi connectivity index (χ4n) is 1.79. The zero-order chi connectivity index (χ0) is 15.1. The maximum atomic E-state index is 11.7. The van der Waals surface area contributed by atoms with Crippen molar-refractivity contribution in [2.75, 3.05) is 24.3 Å². The quantitative estimate of drug-likeness (QED) is 0.900. The van der Waals surface area contributed by atoms with Crippen molar-refractivity contribution >= 4 is 23.5 Å². The summed E-state index contributed by atoms with van der Waals surface area (Å²) in [6, 6.07) is 17.2. The fourth-order valence-corrected chi connectivity index (χ4v) is 1.79. The lowest BCUT2D eigenvalue weighted by molar-refractivity contribution is 0.255. The number of hydrogen-bond acceptors (Lipinski definition) is 2. The molecule has 0 aliphatic heterocycles. The van der Waals surface area contributed by atoms with Gasteiger partial charge < -0.3 is 15.5 Å². The van der Waals surface area contributed by atoms with Gasteiger partial charge in [0.1, 0.15) is 0 Å². The van der Waals surface area contributed by atoms with Crippen molar-refractivity contribution < 1.29 is 4.79 Å². The Morgan fingerprint density at radius 2 is 1.67 bits per heavy atom. The Morgan fingerprint density at radius 3 is 2.29 bits per heavy atom. The Hall–Kier alpha value is -2.75. The molecule has 2 amide bonds. The zero-order valence-electron chi connectivity index (χ0n) is 12.2. The van der Waals surface area contributed by atoms with Crippen LogP contribution in [0.15, 0.2) is 60.8 Å². The van der Waals surface area contributed by atoms with Gasteiger partial charge >= 0.3 is 6.03 Å². The molecule has 0 aromatic heterocycles. The van der Waals surface area contributed by atoms with Gasteiger partial charge in [0.25, 0.3) is 0 Å². The van der Waals surface area contributed by atoms with Crippen LogP contribution in [0.1, 0.15) is 5.56 Å². The van der Waals surface area contributed by atoms with E-state index in [9.17, 15) is 4.79 Å². The monoisotopic (exact) mass is 281 g/mol. The van der Waals surface area contributed by atoms with Crippen molar-refractivity contribution in [1.29, 1.82) is 0 Å². The number of carbonyl (C=O) groups is 1. The summed E-state index contributed by atoms with van der Waals surface area (Å²) in [6.07, 6.45) is 3.47. The number of hydrogen-bond donors (Lipinski definition) is 2. The molecule has 0 fully saturated rings. The highest BCUT2D eigenvalue weighted by atomic mass is 16.2. The first-order valence-corrected chi connectivity index (χ1v) is 6.71. The molecular weight excluding hydrogens is 262 g/mol. The minimum Gasteiger partial charge on any atom is -0.378 e. The van der Waals surface area contributed by atoms with Crippen molar-refractivity contribution in [1.82, 2.24) is 5.32 Å². The molecular formula is C17H19N3O. The smallest absolute Gasteiger partial charge is 0.323 e. The Morgan fingerprint density at radius 1 is 1.00 bits per heavy atom. The third kappa shape index (κ3) is 4.69. The number of anilines is 2. The molecule has 2 aromatic rings. The van der Waals surface area contributed by atoms with Crippen LogP contribution >= 0.6 is 0 Å². The SMILES string of the molecule is CN(C)c1ccc(NC(=O)N/C=C/c2ccccc2)cc1. The molecule has 0 bridgehead atoms. The molecule has 0 radical (unpaired) electrons. The maximum Gasteiger partial charge on any atom is 0.323 e. The first-order chi connectivity index (χ1) is 10.1. The van der Waals surface area contributed by atoms with E-state index in [0.29, 0.717) is 0 Å². The second-order valence-electron chi connectivity index (χ2n) is 4.78. The van der Waals surface area contributed by atoms with Gasteiger partial charge in [0, 0.05) is 31.7 Å². The second kappa shape index (κ2) is 7.14. The van der Waals surface area contributed by atoms with Crippen LogP contribution in [0.3, 0.4) is 0 Å². The van der Waals surface area contributed by atoms with Crippen molar-refractivity contribution in [2.45, 2.75) is 0 Å². The zero-order valence-corrected chi connectivity index (χ0v) is 12.2. The lowest BCUT2D eigenvalue weighted by Crippen LogP contribution is -2.23. The summed E-state index contributed by atoms with van der Waals surface area (Å²) >= 11 is 0. The van der Waals surface area contributed by atoms with Crippen molar-refractivity contribution in [3.05, 3.63) is 66.4 Å². The highest BCUT2D eigenvalue weighted by molar-refractivity contribution is 5.90. The average molecular weight is 281 g/mol. The minimum absolute atomic E-state index is 0.264. The molecule has 108 valence electrons. The third-order valence-corrected chi connectivity index (χ3v) is 2.93. The molecule has 0 atom stereocenters. The Kier molecular flexibility index (Phi) is 4.99. The first kappa shape index (κ1) is 14.7. The molecule has 2 aromatic carbocycles. The minimum atomic E-state index is -0.264. The van der Waals surface area contributed by atoms with Crippen LogP contribution in [-0.4, -0.2) is 20.1 Å². The highest BCUT2D eigenvalue weighted by Crippen LogP contribution is 2.15. The maximum absolute atomic E-state index is 11.7. The van der Waals surface area contributed by atoms with E-state index in [1.54, 1.807) is 6.20 Å². The molecule has 0 aliphatic rings. The number of nitrogens with one attached hydrogen (secondary N) is 2. The second-order valence-corrected chi connectivity index (χ2v) is 4.78. The topological polar surface area (TPSA) is 44.4 Å². The number of benzene rings is 2. The number of urea groups is 1. The van der Waals surface area contributed by atoms with Crippen LogP contribution in [-0.2, 0) is 0 Å². The molecule has 0 saturated heterocycles. The molecule has 0 heterocycles. The van der Waals surface area contributed by atoms with Gasteiger partial charge in [0.2, 0.25) is 0 Å². The third-order valence-electron chi connectivity index (χ3n) is 2.93. The van der Waals surface area contributed by atoms with Gasteiger partial charge in [-0.25, -0.2) is 4.79 Å². The molecule has 2 N–H and O–H groups in total. The summed E-state index contributed by atoms with van der Waals surface area (Å²) < 4.78 is 0. The highest BCUT2D eigenvalue weighted by Gasteiger charge is 2.00. The molecule has 0 spiro atoms. The normalized spacial score (nSPS) is 10.4. The Balaban J connectivity index is 1.85. The average Bonchev–Trinajstić information content (AvgIpc) is 2.49. The van der Waals surface area contributed by atoms with E-state index in [-0.39, 0.29) is 6.03 Å². The van der Waals surface area contributed by atoms with E-state index in [0.717, 1.165) is 16.9 Å². The summed E-state index contributed by atoms with van der Waals surface area (Å²) in [5.74, 6) is 0. The molecule has 21 heavy (non-hydrogen) atoms. The van der Waals surface area contributed by atoms with E-state index >= 15 is 0 Å². The van der Waals surface area contributed by atoms with E-state index in [4.69, 9.17) is 0 Å². The lowest BCUT2D eigenvalue weighted by atomic mass is 10.2. The van der Waals surface area contributed by atoms with Crippen LogP contribution < -0.4 is 15.5 Å². The van der Waals surface area contributed by atoms with E-state index in [1.807, 2.05) is 79.7 Å². The molecule has 0 saturated carbocycles. The van der Waals surface area contributed by atoms with Gasteiger partial charge in [-0.2, -0.15) is 0 Å². The summed E-state index contributed by atoms with van der Waals surface area (Å²) in [6.45, 7) is 0. The lowest BCUT2D eigenvalue weighted by Gasteiger charge is -2.12. The van der Waals surface area contributed by atoms with E-state index in [1.165, 1.54) is 0 Å². The van der Waals surface area contributed by atoms with Crippen LogP contribution in [0.4, 0.5) is 16.2 Å². The molecule has 0 aliphatic carbocycles. The van der Waals surface area contributed by atoms with Gasteiger partial charge in [-0.15, -0.1) is 0 Å². The molecule has 0 unspecified atom stereocenters. The summed E-state index contributed by atoms with van der Waals surface area (Å²) in [7, 11) is 3.95. The Bertz CT molecular complexity index is 604. The van der Waals surface area contributed by atoms with E-state index in [2.05, 4.69) is 10.6 Å². The molecule has 2 rings (SSSR count). The fraction of sp³-hybridized carbons (Fsp3) is 0.118.